The minimum absolute atomic E-state index is 0.242. The minimum atomic E-state index is 0.242. The Morgan fingerprint density at radius 1 is 1.14 bits per heavy atom. The van der Waals surface area contributed by atoms with Gasteiger partial charge < -0.3 is 10.1 Å². The number of ether oxygens (including phenoxy) is 1. The van der Waals surface area contributed by atoms with Crippen LogP contribution in [-0.4, -0.2) is 11.6 Å². The van der Waals surface area contributed by atoms with E-state index in [-0.39, 0.29) is 6.04 Å². The van der Waals surface area contributed by atoms with E-state index in [9.17, 15) is 0 Å². The Balaban J connectivity index is 1.80. The molecule has 0 fully saturated rings. The number of pyridine rings is 1. The van der Waals surface area contributed by atoms with E-state index in [0.29, 0.717) is 0 Å². The minimum Gasteiger partial charge on any atom is -0.494 e. The van der Waals surface area contributed by atoms with Crippen molar-refractivity contribution in [1.82, 2.24) is 10.3 Å². The molecular formula is C18H24N2O. The van der Waals surface area contributed by atoms with Crippen molar-refractivity contribution in [3.05, 3.63) is 59.9 Å². The molecule has 0 radical (unpaired) electrons. The molecule has 0 amide bonds. The topological polar surface area (TPSA) is 34.1 Å². The van der Waals surface area contributed by atoms with Gasteiger partial charge in [0.05, 0.1) is 12.3 Å². The molecule has 1 atom stereocenters. The predicted molar refractivity (Wildman–Crippen MR) is 86.3 cm³/mol. The summed E-state index contributed by atoms with van der Waals surface area (Å²) in [6, 6.07) is 14.5. The number of nitrogens with one attached hydrogen (secondary N) is 1. The van der Waals surface area contributed by atoms with Crippen LogP contribution in [0.3, 0.4) is 0 Å². The fraction of sp³-hybridized carbons (Fsp3) is 0.389. The molecule has 3 heteroatoms. The van der Waals surface area contributed by atoms with Crippen LogP contribution in [0.4, 0.5) is 0 Å². The fourth-order valence-electron chi connectivity index (χ4n) is 2.05. The molecule has 0 saturated heterocycles. The molecule has 112 valence electrons. The van der Waals surface area contributed by atoms with Gasteiger partial charge in [0.2, 0.25) is 0 Å². The van der Waals surface area contributed by atoms with Crippen LogP contribution in [0.1, 0.15) is 44.0 Å². The van der Waals surface area contributed by atoms with Gasteiger partial charge in [0.15, 0.2) is 0 Å². The molecule has 0 saturated carbocycles. The molecule has 0 bridgehead atoms. The smallest absolute Gasteiger partial charge is 0.119 e. The first-order chi connectivity index (χ1) is 10.3. The van der Waals surface area contributed by atoms with Gasteiger partial charge in [-0.25, -0.2) is 0 Å². The molecule has 0 spiro atoms. The van der Waals surface area contributed by atoms with E-state index in [1.165, 1.54) is 5.56 Å². The van der Waals surface area contributed by atoms with E-state index >= 15 is 0 Å². The highest BCUT2D eigenvalue weighted by atomic mass is 16.5. The summed E-state index contributed by atoms with van der Waals surface area (Å²) >= 11 is 0. The van der Waals surface area contributed by atoms with Crippen LogP contribution in [-0.2, 0) is 6.54 Å². The number of aromatic nitrogens is 1. The van der Waals surface area contributed by atoms with Crippen molar-refractivity contribution in [3.63, 3.8) is 0 Å². The zero-order valence-electron chi connectivity index (χ0n) is 12.9. The number of rotatable bonds is 8. The summed E-state index contributed by atoms with van der Waals surface area (Å²) < 4.78 is 5.67. The maximum atomic E-state index is 5.67. The van der Waals surface area contributed by atoms with Crippen molar-refractivity contribution in [2.45, 2.75) is 39.3 Å². The van der Waals surface area contributed by atoms with Gasteiger partial charge in [0.1, 0.15) is 5.75 Å². The van der Waals surface area contributed by atoms with Crippen LogP contribution in [0.15, 0.2) is 48.7 Å². The van der Waals surface area contributed by atoms with Crippen molar-refractivity contribution >= 4 is 0 Å². The van der Waals surface area contributed by atoms with Gasteiger partial charge in [-0.1, -0.05) is 31.5 Å². The number of hydrogen-bond donors (Lipinski definition) is 1. The van der Waals surface area contributed by atoms with E-state index in [4.69, 9.17) is 4.74 Å². The molecule has 1 aromatic heterocycles. The molecule has 21 heavy (non-hydrogen) atoms. The Morgan fingerprint density at radius 3 is 2.62 bits per heavy atom. The summed E-state index contributed by atoms with van der Waals surface area (Å²) in [7, 11) is 0. The molecule has 0 aliphatic carbocycles. The second-order valence-corrected chi connectivity index (χ2v) is 5.20. The lowest BCUT2D eigenvalue weighted by Crippen LogP contribution is -2.18. The Bertz CT molecular complexity index is 511. The number of nitrogens with zero attached hydrogens (tertiary/aromatic N) is 1. The largest absolute Gasteiger partial charge is 0.494 e. The molecule has 1 N–H and O–H groups in total. The maximum absolute atomic E-state index is 5.67. The van der Waals surface area contributed by atoms with Crippen molar-refractivity contribution in [2.24, 2.45) is 0 Å². The molecule has 3 nitrogen and oxygen atoms in total. The van der Waals surface area contributed by atoms with Crippen LogP contribution < -0.4 is 10.1 Å². The maximum Gasteiger partial charge on any atom is 0.119 e. The summed E-state index contributed by atoms with van der Waals surface area (Å²) in [6.45, 7) is 5.92. The quantitative estimate of drug-likeness (QED) is 0.741. The molecule has 2 rings (SSSR count). The number of unbranched alkanes of at least 4 members (excludes halogenated alkanes) is 1. The first-order valence-corrected chi connectivity index (χ1v) is 7.65. The number of hydrogen-bond acceptors (Lipinski definition) is 3. The monoisotopic (exact) mass is 284 g/mol. The highest BCUT2D eigenvalue weighted by Gasteiger charge is 2.05. The summed E-state index contributed by atoms with van der Waals surface area (Å²) in [4.78, 5) is 4.36. The SMILES string of the molecule is CCCCOc1ccc(CN[C@@H](C)c2ccccn2)cc1. The summed E-state index contributed by atoms with van der Waals surface area (Å²) in [5.41, 5.74) is 2.32. The van der Waals surface area contributed by atoms with Crippen LogP contribution in [0, 0.1) is 0 Å². The van der Waals surface area contributed by atoms with Crippen LogP contribution >= 0.6 is 0 Å². The van der Waals surface area contributed by atoms with E-state index in [2.05, 4.69) is 36.3 Å². The molecule has 1 heterocycles. The Hall–Kier alpha value is -1.87. The van der Waals surface area contributed by atoms with Crippen LogP contribution in [0.5, 0.6) is 5.75 Å². The standard InChI is InChI=1S/C18H24N2O/c1-3-4-13-21-17-10-8-16(9-11-17)14-20-15(2)18-7-5-6-12-19-18/h5-12,15,20H,3-4,13-14H2,1-2H3/t15-/m0/s1. The normalized spacial score (nSPS) is 12.1. The van der Waals surface area contributed by atoms with Gasteiger partial charge in [-0.15, -0.1) is 0 Å². The van der Waals surface area contributed by atoms with Crippen LogP contribution in [0.25, 0.3) is 0 Å². The van der Waals surface area contributed by atoms with Crippen molar-refractivity contribution in [1.29, 1.82) is 0 Å². The second kappa shape index (κ2) is 8.42. The molecule has 1 aromatic carbocycles. The highest BCUT2D eigenvalue weighted by Crippen LogP contribution is 2.14. The summed E-state index contributed by atoms with van der Waals surface area (Å²) in [5.74, 6) is 0.949. The molecule has 0 aliphatic rings. The molecular weight excluding hydrogens is 260 g/mol. The van der Waals surface area contributed by atoms with Crippen molar-refractivity contribution in [2.75, 3.05) is 6.61 Å². The van der Waals surface area contributed by atoms with Gasteiger partial charge in [0, 0.05) is 18.8 Å². The van der Waals surface area contributed by atoms with E-state index in [1.807, 2.05) is 36.5 Å². The molecule has 0 unspecified atom stereocenters. The summed E-state index contributed by atoms with van der Waals surface area (Å²) in [5, 5.41) is 3.48. The highest BCUT2D eigenvalue weighted by molar-refractivity contribution is 5.27. The van der Waals surface area contributed by atoms with E-state index < -0.39 is 0 Å². The third kappa shape index (κ3) is 5.20. The van der Waals surface area contributed by atoms with Gasteiger partial charge in [0.25, 0.3) is 0 Å². The third-order valence-corrected chi connectivity index (χ3v) is 3.43. The third-order valence-electron chi connectivity index (χ3n) is 3.43. The average molecular weight is 284 g/mol. The van der Waals surface area contributed by atoms with Gasteiger partial charge in [-0.3, -0.25) is 4.98 Å². The van der Waals surface area contributed by atoms with Gasteiger partial charge in [-0.05, 0) is 43.2 Å². The Kier molecular flexibility index (Phi) is 6.22. The molecule has 0 aliphatic heterocycles. The molecule has 2 aromatic rings. The Labute approximate surface area is 127 Å². The second-order valence-electron chi connectivity index (χ2n) is 5.20. The van der Waals surface area contributed by atoms with E-state index in [0.717, 1.165) is 37.4 Å². The van der Waals surface area contributed by atoms with Gasteiger partial charge >= 0.3 is 0 Å². The lowest BCUT2D eigenvalue weighted by atomic mass is 10.1. The lowest BCUT2D eigenvalue weighted by molar-refractivity contribution is 0.309. The van der Waals surface area contributed by atoms with E-state index in [1.54, 1.807) is 0 Å². The Morgan fingerprint density at radius 2 is 1.95 bits per heavy atom. The summed E-state index contributed by atoms with van der Waals surface area (Å²) in [6.07, 6.45) is 4.09. The van der Waals surface area contributed by atoms with Gasteiger partial charge in [-0.2, -0.15) is 0 Å². The van der Waals surface area contributed by atoms with Crippen LogP contribution in [0.2, 0.25) is 0 Å². The average Bonchev–Trinajstić information content (AvgIpc) is 2.55. The lowest BCUT2D eigenvalue weighted by Gasteiger charge is -2.13. The predicted octanol–water partition coefficient (Wildman–Crippen LogP) is 4.11. The zero-order valence-corrected chi connectivity index (χ0v) is 12.9. The first kappa shape index (κ1) is 15.5. The first-order valence-electron chi connectivity index (χ1n) is 7.65. The van der Waals surface area contributed by atoms with Crippen molar-refractivity contribution in [3.8, 4) is 5.75 Å². The number of benzene rings is 1. The zero-order chi connectivity index (χ0) is 14.9. The van der Waals surface area contributed by atoms with Crippen molar-refractivity contribution < 1.29 is 4.74 Å². The fourth-order valence-corrected chi connectivity index (χ4v) is 2.05.